The first-order valence-electron chi connectivity index (χ1n) is 19.8. The van der Waals surface area contributed by atoms with E-state index >= 15 is 0 Å². The molecule has 0 radical (unpaired) electrons. The van der Waals surface area contributed by atoms with Crippen molar-refractivity contribution in [1.82, 2.24) is 0 Å². The summed E-state index contributed by atoms with van der Waals surface area (Å²) in [6.07, 6.45) is 42.7. The summed E-state index contributed by atoms with van der Waals surface area (Å²) in [5.41, 5.74) is 5.34. The van der Waals surface area contributed by atoms with E-state index in [1.165, 1.54) is 32.1 Å². The number of carboxylic acid groups (broad SMARTS) is 1. The van der Waals surface area contributed by atoms with Gasteiger partial charge in [-0.25, -0.2) is 4.57 Å². The number of hydrogen-bond donors (Lipinski definition) is 3. The van der Waals surface area contributed by atoms with Crippen molar-refractivity contribution in [3.63, 3.8) is 0 Å². The summed E-state index contributed by atoms with van der Waals surface area (Å²) in [6, 6.07) is -1.48. The minimum Gasteiger partial charge on any atom is -0.480 e. The number of aliphatic carboxylic acids is 1. The number of ether oxygens (including phenoxy) is 2. The van der Waals surface area contributed by atoms with Gasteiger partial charge in [-0.05, 0) is 77.0 Å². The van der Waals surface area contributed by atoms with Crippen LogP contribution in [0.15, 0.2) is 60.8 Å². The average Bonchev–Trinajstić information content (AvgIpc) is 3.12. The van der Waals surface area contributed by atoms with E-state index in [2.05, 4.69) is 74.6 Å². The molecule has 3 atom stereocenters. The van der Waals surface area contributed by atoms with E-state index in [1.54, 1.807) is 0 Å². The number of nitrogens with two attached hydrogens (primary N) is 1. The molecule has 0 bridgehead atoms. The number of phosphoric ester groups is 1. The van der Waals surface area contributed by atoms with Crippen molar-refractivity contribution in [3.05, 3.63) is 60.8 Å². The molecule has 4 N–H and O–H groups in total. The lowest BCUT2D eigenvalue weighted by molar-refractivity contribution is -0.154. The summed E-state index contributed by atoms with van der Waals surface area (Å²) in [6.45, 7) is 3.65. The lowest BCUT2D eigenvalue weighted by Crippen LogP contribution is -2.34. The van der Waals surface area contributed by atoms with Gasteiger partial charge >= 0.3 is 19.8 Å². The van der Waals surface area contributed by atoms with Gasteiger partial charge in [-0.3, -0.25) is 18.6 Å². The molecule has 11 heteroatoms. The first kappa shape index (κ1) is 49.7. The predicted molar refractivity (Wildman–Crippen MR) is 212 cm³/mol. The Morgan fingerprint density at radius 1 is 0.635 bits per heavy atom. The standard InChI is InChI=1S/C41H72NO9P/c1-3-5-7-9-11-13-15-17-19-20-21-23-25-27-29-31-33-40(43)51-38(36-49-52(46,47)50-37-39(42)41(44)45)35-48-34-32-30-28-26-24-22-18-16-14-12-10-8-6-4-2/h6,8,12-15,18-20,22,38-39H,3-5,7,9-11,16-17,21,23-37,42H2,1-2H3,(H,44,45)(H,46,47)/b8-6-,14-12-,15-13-,20-19-,22-18-. The summed E-state index contributed by atoms with van der Waals surface area (Å²) in [4.78, 5) is 33.4. The molecule has 0 fully saturated rings. The van der Waals surface area contributed by atoms with E-state index < -0.39 is 45.1 Å². The smallest absolute Gasteiger partial charge is 0.472 e. The van der Waals surface area contributed by atoms with Crippen LogP contribution in [0.5, 0.6) is 0 Å². The molecule has 52 heavy (non-hydrogen) atoms. The molecule has 0 aliphatic carbocycles. The Labute approximate surface area is 315 Å². The van der Waals surface area contributed by atoms with Gasteiger partial charge in [0.05, 0.1) is 19.8 Å². The summed E-state index contributed by atoms with van der Waals surface area (Å²) < 4.78 is 33.2. The molecule has 0 amide bonds. The first-order valence-corrected chi connectivity index (χ1v) is 21.3. The molecule has 0 saturated carbocycles. The van der Waals surface area contributed by atoms with Crippen LogP contribution in [-0.2, 0) is 32.7 Å². The van der Waals surface area contributed by atoms with Crippen molar-refractivity contribution in [2.75, 3.05) is 26.4 Å². The highest BCUT2D eigenvalue weighted by molar-refractivity contribution is 7.47. The lowest BCUT2D eigenvalue weighted by atomic mass is 10.1. The van der Waals surface area contributed by atoms with Crippen LogP contribution in [0.3, 0.4) is 0 Å². The molecular weight excluding hydrogens is 681 g/mol. The number of carboxylic acids is 1. The number of esters is 1. The first-order chi connectivity index (χ1) is 25.2. The molecule has 10 nitrogen and oxygen atoms in total. The number of allylic oxidation sites excluding steroid dienone is 10. The van der Waals surface area contributed by atoms with Crippen LogP contribution in [0.4, 0.5) is 0 Å². The number of unbranched alkanes of at least 4 members (excludes halogenated alkanes) is 13. The van der Waals surface area contributed by atoms with Gasteiger partial charge in [-0.2, -0.15) is 0 Å². The Kier molecular flexibility index (Phi) is 35.3. The second kappa shape index (κ2) is 37.0. The predicted octanol–water partition coefficient (Wildman–Crippen LogP) is 10.5. The molecule has 0 aromatic heterocycles. The van der Waals surface area contributed by atoms with Gasteiger partial charge in [-0.15, -0.1) is 0 Å². The lowest BCUT2D eigenvalue weighted by Gasteiger charge is -2.20. The Morgan fingerprint density at radius 3 is 1.67 bits per heavy atom. The fourth-order valence-corrected chi connectivity index (χ4v) is 5.72. The summed E-state index contributed by atoms with van der Waals surface area (Å²) in [5, 5.41) is 8.87. The molecular formula is C41H72NO9P. The topological polar surface area (TPSA) is 155 Å². The molecule has 0 aromatic rings. The molecule has 3 unspecified atom stereocenters. The second-order valence-electron chi connectivity index (χ2n) is 13.0. The third-order valence-corrected chi connectivity index (χ3v) is 8.98. The zero-order valence-electron chi connectivity index (χ0n) is 32.4. The molecule has 0 spiro atoms. The number of carbonyl (C=O) groups excluding carboxylic acids is 1. The van der Waals surface area contributed by atoms with Gasteiger partial charge < -0.3 is 25.2 Å². The van der Waals surface area contributed by atoms with E-state index in [9.17, 15) is 19.0 Å². The van der Waals surface area contributed by atoms with E-state index in [0.29, 0.717) is 13.0 Å². The van der Waals surface area contributed by atoms with E-state index in [1.807, 2.05) is 0 Å². The van der Waals surface area contributed by atoms with Crippen LogP contribution in [0, 0.1) is 0 Å². The highest BCUT2D eigenvalue weighted by Crippen LogP contribution is 2.43. The van der Waals surface area contributed by atoms with Gasteiger partial charge in [0.15, 0.2) is 0 Å². The van der Waals surface area contributed by atoms with Gasteiger partial charge in [0.2, 0.25) is 0 Å². The number of carbonyl (C=O) groups is 2. The Hall–Kier alpha value is -2.33. The molecule has 0 rings (SSSR count). The maximum atomic E-state index is 12.6. The highest BCUT2D eigenvalue weighted by Gasteiger charge is 2.27. The zero-order chi connectivity index (χ0) is 38.4. The quantitative estimate of drug-likeness (QED) is 0.0242. The Bertz CT molecular complexity index is 1060. The Balaban J connectivity index is 4.37. The van der Waals surface area contributed by atoms with Crippen LogP contribution in [-0.4, -0.2) is 60.5 Å². The normalized spacial score (nSPS) is 14.7. The van der Waals surface area contributed by atoms with Crippen molar-refractivity contribution in [2.45, 2.75) is 161 Å². The van der Waals surface area contributed by atoms with Crippen LogP contribution in [0.25, 0.3) is 0 Å². The maximum absolute atomic E-state index is 12.6. The summed E-state index contributed by atoms with van der Waals surface area (Å²) in [7, 11) is -4.62. The van der Waals surface area contributed by atoms with Crippen molar-refractivity contribution < 1.29 is 42.7 Å². The number of rotatable bonds is 37. The van der Waals surface area contributed by atoms with Gasteiger partial charge in [0.1, 0.15) is 12.1 Å². The SMILES string of the molecule is CC/C=C\C/C=C\C/C=C\CCCCCCOCC(COP(=O)(O)OCC(N)C(=O)O)OC(=O)CCCCCCC/C=C\C/C=C\CCCCCC. The van der Waals surface area contributed by atoms with Crippen molar-refractivity contribution >= 4 is 19.8 Å². The second-order valence-corrected chi connectivity index (χ2v) is 14.5. The summed E-state index contributed by atoms with van der Waals surface area (Å²) >= 11 is 0. The van der Waals surface area contributed by atoms with E-state index in [0.717, 1.165) is 89.9 Å². The molecule has 0 aromatic carbocycles. The fraction of sp³-hybridized carbons (Fsp3) is 0.707. The van der Waals surface area contributed by atoms with Gasteiger partial charge in [-0.1, -0.05) is 126 Å². The molecule has 0 aliphatic heterocycles. The van der Waals surface area contributed by atoms with Crippen LogP contribution >= 0.6 is 7.82 Å². The molecule has 0 saturated heterocycles. The average molecular weight is 754 g/mol. The van der Waals surface area contributed by atoms with E-state index in [-0.39, 0.29) is 13.0 Å². The van der Waals surface area contributed by atoms with E-state index in [4.69, 9.17) is 29.4 Å². The zero-order valence-corrected chi connectivity index (χ0v) is 33.3. The minimum atomic E-state index is -4.62. The number of hydrogen-bond acceptors (Lipinski definition) is 8. The van der Waals surface area contributed by atoms with Crippen molar-refractivity contribution in [3.8, 4) is 0 Å². The fourth-order valence-electron chi connectivity index (χ4n) is 4.94. The molecule has 0 aliphatic rings. The third kappa shape index (κ3) is 36.0. The summed E-state index contributed by atoms with van der Waals surface area (Å²) in [5.74, 6) is -1.81. The van der Waals surface area contributed by atoms with Crippen molar-refractivity contribution in [1.29, 1.82) is 0 Å². The molecule has 300 valence electrons. The van der Waals surface area contributed by atoms with Crippen LogP contribution < -0.4 is 5.73 Å². The monoisotopic (exact) mass is 753 g/mol. The van der Waals surface area contributed by atoms with Crippen LogP contribution in [0.1, 0.15) is 149 Å². The Morgan fingerprint density at radius 2 is 1.12 bits per heavy atom. The minimum absolute atomic E-state index is 0.00681. The highest BCUT2D eigenvalue weighted by atomic mass is 31.2. The van der Waals surface area contributed by atoms with Crippen LogP contribution in [0.2, 0.25) is 0 Å². The maximum Gasteiger partial charge on any atom is 0.472 e. The van der Waals surface area contributed by atoms with Gasteiger partial charge in [0, 0.05) is 13.0 Å². The van der Waals surface area contributed by atoms with Gasteiger partial charge in [0.25, 0.3) is 0 Å². The number of phosphoric acid groups is 1. The molecule has 0 heterocycles. The largest absolute Gasteiger partial charge is 0.480 e. The van der Waals surface area contributed by atoms with Crippen molar-refractivity contribution in [2.24, 2.45) is 5.73 Å². The third-order valence-electron chi connectivity index (χ3n) is 8.03.